The number of likely N-dealkylation sites (N-methyl/N-ethyl adjacent to an activating group) is 1. The van der Waals surface area contributed by atoms with E-state index in [2.05, 4.69) is 0 Å². The van der Waals surface area contributed by atoms with Gasteiger partial charge in [-0.05, 0) is 20.8 Å². The maximum atomic E-state index is 12.2. The van der Waals surface area contributed by atoms with Crippen LogP contribution in [0.3, 0.4) is 0 Å². The van der Waals surface area contributed by atoms with E-state index in [4.69, 9.17) is 4.74 Å². The number of amides is 2. The summed E-state index contributed by atoms with van der Waals surface area (Å²) in [5.74, 6) is -0.495. The molecule has 19 heavy (non-hydrogen) atoms. The number of hydrogen-bond acceptors (Lipinski definition) is 4. The van der Waals surface area contributed by atoms with Gasteiger partial charge < -0.3 is 14.7 Å². The van der Waals surface area contributed by atoms with E-state index in [1.807, 2.05) is 20.8 Å². The van der Waals surface area contributed by atoms with Crippen molar-refractivity contribution in [3.05, 3.63) is 0 Å². The molecule has 6 nitrogen and oxygen atoms in total. The molecule has 6 heteroatoms. The van der Waals surface area contributed by atoms with Crippen molar-refractivity contribution in [1.29, 1.82) is 0 Å². The average Bonchev–Trinajstić information content (AvgIpc) is 2.39. The van der Waals surface area contributed by atoms with E-state index in [9.17, 15) is 14.7 Å². The summed E-state index contributed by atoms with van der Waals surface area (Å²) in [4.78, 5) is 26.5. The van der Waals surface area contributed by atoms with Crippen LogP contribution in [0.4, 0.5) is 4.79 Å². The number of aliphatic hydroxyl groups excluding tert-OH is 1. The lowest BCUT2D eigenvalue weighted by atomic mass is 9.91. The molecule has 0 saturated carbocycles. The lowest BCUT2D eigenvalue weighted by molar-refractivity contribution is -0.136. The minimum atomic E-state index is -1.48. The molecule has 1 heterocycles. The van der Waals surface area contributed by atoms with Crippen LogP contribution in [0.5, 0.6) is 0 Å². The van der Waals surface area contributed by atoms with Gasteiger partial charge in [-0.15, -0.1) is 0 Å². The van der Waals surface area contributed by atoms with Gasteiger partial charge in [0.25, 0.3) is 5.91 Å². The Morgan fingerprint density at radius 1 is 1.21 bits per heavy atom. The highest BCUT2D eigenvalue weighted by molar-refractivity contribution is 5.88. The largest absolute Gasteiger partial charge is 0.444 e. The van der Waals surface area contributed by atoms with Crippen molar-refractivity contribution < 1.29 is 19.4 Å². The molecule has 1 fully saturated rings. The first-order chi connectivity index (χ1) is 8.36. The third-order valence-corrected chi connectivity index (χ3v) is 2.84. The number of aliphatic hydroxyl groups is 1. The quantitative estimate of drug-likeness (QED) is 0.723. The van der Waals surface area contributed by atoms with Crippen LogP contribution >= 0.6 is 0 Å². The van der Waals surface area contributed by atoms with Crippen LogP contribution in [0.2, 0.25) is 0 Å². The van der Waals surface area contributed by atoms with Crippen LogP contribution in [-0.2, 0) is 9.53 Å². The van der Waals surface area contributed by atoms with E-state index < -0.39 is 35.4 Å². The van der Waals surface area contributed by atoms with Crippen molar-refractivity contribution in [3.8, 4) is 0 Å². The van der Waals surface area contributed by atoms with E-state index in [0.717, 1.165) is 4.90 Å². The monoisotopic (exact) mass is 272 g/mol. The van der Waals surface area contributed by atoms with Gasteiger partial charge in [-0.2, -0.15) is 0 Å². The highest BCUT2D eigenvalue weighted by atomic mass is 16.6. The highest BCUT2D eigenvalue weighted by Gasteiger charge is 2.52. The van der Waals surface area contributed by atoms with Crippen LogP contribution in [0.1, 0.15) is 41.5 Å². The molecule has 1 aliphatic rings. The fraction of sp³-hybridized carbons (Fsp3) is 0.846. The lowest BCUT2D eigenvalue weighted by Crippen LogP contribution is -2.52. The first kappa shape index (κ1) is 15.8. The molecule has 0 radical (unpaired) electrons. The lowest BCUT2D eigenvalue weighted by Gasteiger charge is -2.38. The summed E-state index contributed by atoms with van der Waals surface area (Å²) in [6.45, 7) is 10.9. The van der Waals surface area contributed by atoms with Crippen LogP contribution in [0, 0.1) is 5.41 Å². The fourth-order valence-corrected chi connectivity index (χ4v) is 2.25. The molecule has 2 atom stereocenters. The summed E-state index contributed by atoms with van der Waals surface area (Å²) in [5, 5.41) is 9.96. The molecule has 0 spiro atoms. The summed E-state index contributed by atoms with van der Waals surface area (Å²) in [6.07, 6.45) is -2.70. The number of ether oxygens (including phenoxy) is 1. The molecule has 1 N–H and O–H groups in total. The molecular formula is C13H24N2O4. The Balaban J connectivity index is 3.08. The van der Waals surface area contributed by atoms with Gasteiger partial charge in [0.05, 0.1) is 0 Å². The van der Waals surface area contributed by atoms with E-state index in [-0.39, 0.29) is 0 Å². The molecule has 0 aromatic heterocycles. The first-order valence-electron chi connectivity index (χ1n) is 6.32. The van der Waals surface area contributed by atoms with E-state index >= 15 is 0 Å². The van der Waals surface area contributed by atoms with Gasteiger partial charge in [-0.25, -0.2) is 4.79 Å². The zero-order valence-corrected chi connectivity index (χ0v) is 12.7. The average molecular weight is 272 g/mol. The molecule has 110 valence electrons. The van der Waals surface area contributed by atoms with Crippen LogP contribution in [0.15, 0.2) is 0 Å². The van der Waals surface area contributed by atoms with Gasteiger partial charge in [0.1, 0.15) is 11.8 Å². The third kappa shape index (κ3) is 3.18. The SMILES string of the molecule is CN1C(=O)C(O)N(C(=O)OC(C)(C)C)C1C(C)(C)C. The van der Waals surface area contributed by atoms with Gasteiger partial charge in [0.15, 0.2) is 0 Å². The second kappa shape index (κ2) is 4.67. The normalized spacial score (nSPS) is 24.9. The zero-order valence-electron chi connectivity index (χ0n) is 12.7. The first-order valence-corrected chi connectivity index (χ1v) is 6.32. The van der Waals surface area contributed by atoms with E-state index in [0.29, 0.717) is 0 Å². The van der Waals surface area contributed by atoms with E-state index in [1.54, 1.807) is 27.8 Å². The van der Waals surface area contributed by atoms with Gasteiger partial charge in [-0.3, -0.25) is 9.69 Å². The summed E-state index contributed by atoms with van der Waals surface area (Å²) in [5.41, 5.74) is -1.07. The molecule has 2 amide bonds. The Morgan fingerprint density at radius 3 is 2.05 bits per heavy atom. The molecule has 1 rings (SSSR count). The number of carbonyl (C=O) groups is 2. The Bertz CT molecular complexity index is 381. The van der Waals surface area contributed by atoms with Crippen LogP contribution in [0.25, 0.3) is 0 Å². The molecular weight excluding hydrogens is 248 g/mol. The van der Waals surface area contributed by atoms with Crippen LogP contribution in [-0.4, -0.2) is 51.9 Å². The predicted octanol–water partition coefficient (Wildman–Crippen LogP) is 1.39. The second-order valence-corrected chi connectivity index (χ2v) is 6.95. The van der Waals surface area contributed by atoms with Gasteiger partial charge in [-0.1, -0.05) is 20.8 Å². The van der Waals surface area contributed by atoms with Crippen molar-refractivity contribution in [2.45, 2.75) is 59.5 Å². The maximum Gasteiger partial charge on any atom is 0.414 e. The fourth-order valence-electron chi connectivity index (χ4n) is 2.25. The molecule has 1 aliphatic heterocycles. The molecule has 2 unspecified atom stereocenters. The van der Waals surface area contributed by atoms with Crippen LogP contribution < -0.4 is 0 Å². The van der Waals surface area contributed by atoms with Crippen molar-refractivity contribution in [3.63, 3.8) is 0 Å². The Hall–Kier alpha value is -1.30. The predicted molar refractivity (Wildman–Crippen MR) is 70.1 cm³/mol. The van der Waals surface area contributed by atoms with Crippen molar-refractivity contribution >= 4 is 12.0 Å². The highest BCUT2D eigenvalue weighted by Crippen LogP contribution is 2.34. The third-order valence-electron chi connectivity index (χ3n) is 2.84. The Labute approximate surface area is 114 Å². The molecule has 0 aromatic carbocycles. The summed E-state index contributed by atoms with van der Waals surface area (Å²) in [6, 6.07) is 0. The number of carbonyl (C=O) groups excluding carboxylic acids is 2. The Kier molecular flexibility index (Phi) is 3.87. The van der Waals surface area contributed by atoms with Gasteiger partial charge in [0, 0.05) is 12.5 Å². The van der Waals surface area contributed by atoms with Crippen molar-refractivity contribution in [2.75, 3.05) is 7.05 Å². The smallest absolute Gasteiger partial charge is 0.414 e. The topological polar surface area (TPSA) is 70.1 Å². The number of hydrogen-bond donors (Lipinski definition) is 1. The summed E-state index contributed by atoms with van der Waals surface area (Å²) < 4.78 is 5.26. The standard InChI is InChI=1S/C13H24N2O4/c1-12(2,3)10-14(7)8(16)9(17)15(10)11(18)19-13(4,5)6/h9-10,17H,1-7H3. The van der Waals surface area contributed by atoms with Crippen molar-refractivity contribution in [2.24, 2.45) is 5.41 Å². The minimum Gasteiger partial charge on any atom is -0.444 e. The molecule has 1 saturated heterocycles. The maximum absolute atomic E-state index is 12.2. The minimum absolute atomic E-state index is 0.390. The molecule has 0 aliphatic carbocycles. The number of rotatable bonds is 0. The summed E-state index contributed by atoms with van der Waals surface area (Å²) in [7, 11) is 1.58. The zero-order chi connectivity index (χ0) is 15.2. The molecule has 0 aromatic rings. The van der Waals surface area contributed by atoms with Gasteiger partial charge in [0.2, 0.25) is 6.23 Å². The van der Waals surface area contributed by atoms with Gasteiger partial charge >= 0.3 is 6.09 Å². The van der Waals surface area contributed by atoms with Crippen molar-refractivity contribution in [1.82, 2.24) is 9.80 Å². The number of nitrogens with zero attached hydrogens (tertiary/aromatic N) is 2. The Morgan fingerprint density at radius 2 is 1.68 bits per heavy atom. The molecule has 0 bridgehead atoms. The van der Waals surface area contributed by atoms with E-state index in [1.165, 1.54) is 4.90 Å². The second-order valence-electron chi connectivity index (χ2n) is 6.95. The summed E-state index contributed by atoms with van der Waals surface area (Å²) >= 11 is 0.